The van der Waals surface area contributed by atoms with Crippen LogP contribution in [0.3, 0.4) is 0 Å². The van der Waals surface area contributed by atoms with Crippen LogP contribution in [0.15, 0.2) is 25.3 Å². The summed E-state index contributed by atoms with van der Waals surface area (Å²) in [6.07, 6.45) is 5.69. The zero-order valence-corrected chi connectivity index (χ0v) is 14.7. The molecule has 1 saturated heterocycles. The van der Waals surface area contributed by atoms with E-state index < -0.39 is 0 Å². The molecule has 1 heterocycles. The van der Waals surface area contributed by atoms with E-state index in [0.29, 0.717) is 25.7 Å². The average Bonchev–Trinajstić information content (AvgIpc) is 3.38. The van der Waals surface area contributed by atoms with Crippen LogP contribution in [0.5, 0.6) is 0 Å². The Morgan fingerprint density at radius 2 is 1.75 bits per heavy atom. The second-order valence-electron chi connectivity index (χ2n) is 6.65. The Bertz CT molecular complexity index is 458. The number of amides is 2. The van der Waals surface area contributed by atoms with Crippen LogP contribution in [0, 0.1) is 0 Å². The van der Waals surface area contributed by atoms with Gasteiger partial charge >= 0.3 is 0 Å². The molecule has 0 aromatic carbocycles. The summed E-state index contributed by atoms with van der Waals surface area (Å²) in [5.74, 6) is 0.230. The lowest BCUT2D eigenvalue weighted by Gasteiger charge is -2.37. The maximum Gasteiger partial charge on any atom is 0.237 e. The zero-order valence-electron chi connectivity index (χ0n) is 14.7. The summed E-state index contributed by atoms with van der Waals surface area (Å²) in [6, 6.07) is 0.307. The molecule has 1 atom stereocenters. The number of hydrogen-bond donors (Lipinski definition) is 1. The number of hydrogen-bond acceptors (Lipinski definition) is 4. The van der Waals surface area contributed by atoms with Gasteiger partial charge < -0.3 is 10.2 Å². The number of nitrogens with one attached hydrogen (secondary N) is 1. The van der Waals surface area contributed by atoms with Gasteiger partial charge in [0.1, 0.15) is 0 Å². The average molecular weight is 334 g/mol. The molecule has 2 rings (SSSR count). The van der Waals surface area contributed by atoms with Crippen LogP contribution in [-0.4, -0.2) is 84.4 Å². The molecule has 2 amide bonds. The minimum atomic E-state index is -0.0959. The molecule has 1 saturated carbocycles. The highest BCUT2D eigenvalue weighted by molar-refractivity contribution is 5.82. The van der Waals surface area contributed by atoms with E-state index in [-0.39, 0.29) is 17.9 Å². The Morgan fingerprint density at radius 3 is 2.25 bits per heavy atom. The van der Waals surface area contributed by atoms with Crippen LogP contribution in [-0.2, 0) is 9.59 Å². The van der Waals surface area contributed by atoms with Gasteiger partial charge in [0.2, 0.25) is 11.8 Å². The first-order chi connectivity index (χ1) is 11.5. The Kier molecular flexibility index (Phi) is 6.99. The third-order valence-electron chi connectivity index (χ3n) is 4.67. The van der Waals surface area contributed by atoms with E-state index in [2.05, 4.69) is 28.3 Å². The van der Waals surface area contributed by atoms with Gasteiger partial charge in [-0.15, -0.1) is 13.2 Å². The van der Waals surface area contributed by atoms with Crippen molar-refractivity contribution >= 4 is 11.8 Å². The van der Waals surface area contributed by atoms with Crippen molar-refractivity contribution in [3.8, 4) is 0 Å². The number of rotatable bonds is 9. The summed E-state index contributed by atoms with van der Waals surface area (Å²) < 4.78 is 0. The Labute approximate surface area is 145 Å². The van der Waals surface area contributed by atoms with Crippen LogP contribution >= 0.6 is 0 Å². The lowest BCUT2D eigenvalue weighted by atomic mass is 10.2. The van der Waals surface area contributed by atoms with E-state index in [1.165, 1.54) is 0 Å². The maximum absolute atomic E-state index is 12.4. The smallest absolute Gasteiger partial charge is 0.237 e. The first-order valence-electron chi connectivity index (χ1n) is 8.81. The molecule has 1 unspecified atom stereocenters. The lowest BCUT2D eigenvalue weighted by molar-refractivity contribution is -0.133. The zero-order chi connectivity index (χ0) is 17.5. The molecule has 1 aliphatic carbocycles. The van der Waals surface area contributed by atoms with Crippen LogP contribution in [0.2, 0.25) is 0 Å². The van der Waals surface area contributed by atoms with Crippen molar-refractivity contribution in [3.05, 3.63) is 25.3 Å². The molecule has 134 valence electrons. The van der Waals surface area contributed by atoms with Crippen molar-refractivity contribution in [2.24, 2.45) is 0 Å². The first-order valence-corrected chi connectivity index (χ1v) is 8.81. The van der Waals surface area contributed by atoms with E-state index in [4.69, 9.17) is 0 Å². The maximum atomic E-state index is 12.4. The SMILES string of the molecule is C=CCN(CC=C)C(=O)CN1CCN(C(C)C(=O)NC2CC2)CC1. The van der Waals surface area contributed by atoms with Crippen molar-refractivity contribution in [2.45, 2.75) is 31.8 Å². The minimum Gasteiger partial charge on any atom is -0.352 e. The van der Waals surface area contributed by atoms with Gasteiger partial charge in [0.15, 0.2) is 0 Å². The van der Waals surface area contributed by atoms with Crippen LogP contribution in [0.4, 0.5) is 0 Å². The molecule has 0 aromatic rings. The molecule has 1 N–H and O–H groups in total. The molecule has 6 nitrogen and oxygen atoms in total. The molecule has 0 spiro atoms. The highest BCUT2D eigenvalue weighted by Crippen LogP contribution is 2.19. The largest absolute Gasteiger partial charge is 0.352 e. The third kappa shape index (κ3) is 5.46. The number of carbonyl (C=O) groups excluding carboxylic acids is 2. The quantitative estimate of drug-likeness (QED) is 0.623. The van der Waals surface area contributed by atoms with Crippen LogP contribution in [0.1, 0.15) is 19.8 Å². The molecule has 0 bridgehead atoms. The highest BCUT2D eigenvalue weighted by Gasteiger charge is 2.30. The Morgan fingerprint density at radius 1 is 1.17 bits per heavy atom. The lowest BCUT2D eigenvalue weighted by Crippen LogP contribution is -2.55. The van der Waals surface area contributed by atoms with E-state index in [1.807, 2.05) is 6.92 Å². The molecule has 0 radical (unpaired) electrons. The second kappa shape index (κ2) is 8.99. The number of piperazine rings is 1. The molecule has 1 aliphatic heterocycles. The predicted octanol–water partition coefficient (Wildman–Crippen LogP) is 0.472. The van der Waals surface area contributed by atoms with Crippen molar-refractivity contribution in [1.82, 2.24) is 20.0 Å². The molecule has 6 heteroatoms. The first kappa shape index (κ1) is 18.7. The van der Waals surface area contributed by atoms with Gasteiger partial charge in [-0.1, -0.05) is 12.2 Å². The van der Waals surface area contributed by atoms with Gasteiger partial charge in [0, 0.05) is 45.3 Å². The standard InChI is InChI=1S/C18H30N4O2/c1-4-8-22(9-5-2)17(23)14-20-10-12-21(13-11-20)15(3)18(24)19-16-6-7-16/h4-5,15-16H,1-2,6-14H2,3H3,(H,19,24). The minimum absolute atomic E-state index is 0.0959. The number of carbonyl (C=O) groups is 2. The van der Waals surface area contributed by atoms with E-state index in [1.54, 1.807) is 17.1 Å². The summed E-state index contributed by atoms with van der Waals surface area (Å²) in [6.45, 7) is 14.1. The van der Waals surface area contributed by atoms with E-state index in [0.717, 1.165) is 39.0 Å². The summed E-state index contributed by atoms with van der Waals surface area (Å²) >= 11 is 0. The van der Waals surface area contributed by atoms with E-state index in [9.17, 15) is 9.59 Å². The highest BCUT2D eigenvalue weighted by atomic mass is 16.2. The summed E-state index contributed by atoms with van der Waals surface area (Å²) in [5.41, 5.74) is 0. The van der Waals surface area contributed by atoms with Crippen molar-refractivity contribution in [1.29, 1.82) is 0 Å². The number of nitrogens with zero attached hydrogens (tertiary/aromatic N) is 3. The van der Waals surface area contributed by atoms with Crippen LogP contribution in [0.25, 0.3) is 0 Å². The van der Waals surface area contributed by atoms with Gasteiger partial charge in [-0.25, -0.2) is 0 Å². The fourth-order valence-electron chi connectivity index (χ4n) is 2.91. The van der Waals surface area contributed by atoms with E-state index >= 15 is 0 Å². The fourth-order valence-corrected chi connectivity index (χ4v) is 2.91. The molecule has 2 fully saturated rings. The third-order valence-corrected chi connectivity index (χ3v) is 4.67. The fraction of sp³-hybridized carbons (Fsp3) is 0.667. The molecule has 0 aromatic heterocycles. The normalized spacial score (nSPS) is 20.2. The van der Waals surface area contributed by atoms with Crippen molar-refractivity contribution in [2.75, 3.05) is 45.8 Å². The molecular weight excluding hydrogens is 304 g/mol. The predicted molar refractivity (Wildman–Crippen MR) is 95.6 cm³/mol. The van der Waals surface area contributed by atoms with Gasteiger partial charge in [-0.2, -0.15) is 0 Å². The second-order valence-corrected chi connectivity index (χ2v) is 6.65. The van der Waals surface area contributed by atoms with Gasteiger partial charge in [-0.05, 0) is 19.8 Å². The van der Waals surface area contributed by atoms with Gasteiger partial charge in [0.25, 0.3) is 0 Å². The van der Waals surface area contributed by atoms with Crippen molar-refractivity contribution < 1.29 is 9.59 Å². The summed E-state index contributed by atoms with van der Waals surface area (Å²) in [4.78, 5) is 30.6. The topological polar surface area (TPSA) is 55.9 Å². The molecule has 24 heavy (non-hydrogen) atoms. The Balaban J connectivity index is 1.74. The molecule has 2 aliphatic rings. The van der Waals surface area contributed by atoms with Crippen LogP contribution < -0.4 is 5.32 Å². The molecular formula is C18H30N4O2. The van der Waals surface area contributed by atoms with Gasteiger partial charge in [0.05, 0.1) is 12.6 Å². The van der Waals surface area contributed by atoms with Crippen molar-refractivity contribution in [3.63, 3.8) is 0 Å². The summed E-state index contributed by atoms with van der Waals surface area (Å²) in [7, 11) is 0. The van der Waals surface area contributed by atoms with Gasteiger partial charge in [-0.3, -0.25) is 19.4 Å². The summed E-state index contributed by atoms with van der Waals surface area (Å²) in [5, 5.41) is 3.06. The Hall–Kier alpha value is -1.66. The monoisotopic (exact) mass is 334 g/mol.